The molecule has 0 atom stereocenters. The van der Waals surface area contributed by atoms with Gasteiger partial charge in [0.25, 0.3) is 0 Å². The van der Waals surface area contributed by atoms with Gasteiger partial charge in [-0.1, -0.05) is 0 Å². The molecule has 0 bridgehead atoms. The second-order valence-electron chi connectivity index (χ2n) is 2.93. The van der Waals surface area contributed by atoms with Crippen LogP contribution < -0.4 is 5.69 Å². The van der Waals surface area contributed by atoms with Crippen molar-refractivity contribution >= 4 is 5.97 Å². The minimum Gasteiger partial charge on any atom is -0.478 e. The molecular weight excluding hydrogens is 172 g/mol. The van der Waals surface area contributed by atoms with Gasteiger partial charge in [-0.05, 0) is 13.8 Å². The summed E-state index contributed by atoms with van der Waals surface area (Å²) >= 11 is 0. The van der Waals surface area contributed by atoms with E-state index in [0.29, 0.717) is 0 Å². The van der Waals surface area contributed by atoms with Crippen molar-refractivity contribution in [3.05, 3.63) is 28.4 Å². The topological polar surface area (TPSA) is 72.2 Å². The van der Waals surface area contributed by atoms with Gasteiger partial charge in [0.05, 0.1) is 5.56 Å². The van der Waals surface area contributed by atoms with Gasteiger partial charge in [-0.25, -0.2) is 14.6 Å². The van der Waals surface area contributed by atoms with Crippen molar-refractivity contribution in [2.45, 2.75) is 19.9 Å². The van der Waals surface area contributed by atoms with E-state index < -0.39 is 11.7 Å². The predicted molar refractivity (Wildman–Crippen MR) is 45.8 cm³/mol. The first-order valence-corrected chi connectivity index (χ1v) is 3.84. The summed E-state index contributed by atoms with van der Waals surface area (Å²) in [6, 6.07) is -0.0840. The largest absolute Gasteiger partial charge is 0.478 e. The highest BCUT2D eigenvalue weighted by Crippen LogP contribution is 2.01. The Morgan fingerprint density at radius 2 is 2.23 bits per heavy atom. The second-order valence-corrected chi connectivity index (χ2v) is 2.93. The fourth-order valence-electron chi connectivity index (χ4n) is 0.910. The van der Waals surface area contributed by atoms with Crippen LogP contribution in [0.4, 0.5) is 0 Å². The van der Waals surface area contributed by atoms with Crippen LogP contribution >= 0.6 is 0 Å². The van der Waals surface area contributed by atoms with E-state index in [-0.39, 0.29) is 11.6 Å². The molecule has 5 nitrogen and oxygen atoms in total. The molecule has 13 heavy (non-hydrogen) atoms. The molecule has 0 saturated carbocycles. The van der Waals surface area contributed by atoms with Gasteiger partial charge in [-0.15, -0.1) is 0 Å². The van der Waals surface area contributed by atoms with Crippen LogP contribution in [-0.2, 0) is 0 Å². The molecule has 0 aromatic carbocycles. The lowest BCUT2D eigenvalue weighted by atomic mass is 10.3. The first-order chi connectivity index (χ1) is 6.02. The summed E-state index contributed by atoms with van der Waals surface area (Å²) in [5.41, 5.74) is -0.409. The molecule has 0 aliphatic rings. The third kappa shape index (κ3) is 1.93. The molecule has 0 radical (unpaired) electrons. The van der Waals surface area contributed by atoms with E-state index in [0.717, 1.165) is 6.20 Å². The minimum absolute atomic E-state index is 0.0216. The lowest BCUT2D eigenvalue weighted by Crippen LogP contribution is -2.25. The minimum atomic E-state index is -1.08. The normalized spacial score (nSPS) is 10.4. The molecule has 0 amide bonds. The highest BCUT2D eigenvalue weighted by molar-refractivity contribution is 5.86. The Kier molecular flexibility index (Phi) is 2.46. The SMILES string of the molecule is CC(C)n1cc(C(=O)O)cnc1=O. The molecular formula is C8H10N2O3. The molecule has 1 heterocycles. The van der Waals surface area contributed by atoms with Crippen LogP contribution in [0.3, 0.4) is 0 Å². The number of aromatic nitrogens is 2. The standard InChI is InChI=1S/C8H10N2O3/c1-5(2)10-4-6(7(11)12)3-9-8(10)13/h3-5H,1-2H3,(H,11,12). The van der Waals surface area contributed by atoms with Crippen molar-refractivity contribution in [1.29, 1.82) is 0 Å². The Balaban J connectivity index is 3.27. The Bertz CT molecular complexity index is 381. The van der Waals surface area contributed by atoms with Crippen molar-refractivity contribution in [2.75, 3.05) is 0 Å². The van der Waals surface area contributed by atoms with Crippen LogP contribution in [0.5, 0.6) is 0 Å². The van der Waals surface area contributed by atoms with Gasteiger partial charge in [0.2, 0.25) is 0 Å². The number of carboxylic acids is 1. The average molecular weight is 182 g/mol. The first-order valence-electron chi connectivity index (χ1n) is 3.84. The van der Waals surface area contributed by atoms with E-state index in [1.54, 1.807) is 13.8 Å². The lowest BCUT2D eigenvalue weighted by Gasteiger charge is -2.08. The fourth-order valence-corrected chi connectivity index (χ4v) is 0.910. The lowest BCUT2D eigenvalue weighted by molar-refractivity contribution is 0.0695. The maximum absolute atomic E-state index is 11.1. The van der Waals surface area contributed by atoms with Crippen molar-refractivity contribution in [3.8, 4) is 0 Å². The van der Waals surface area contributed by atoms with Crippen molar-refractivity contribution in [2.24, 2.45) is 0 Å². The van der Waals surface area contributed by atoms with Crippen molar-refractivity contribution < 1.29 is 9.90 Å². The van der Waals surface area contributed by atoms with Gasteiger partial charge in [0, 0.05) is 18.4 Å². The number of aromatic carboxylic acids is 1. The van der Waals surface area contributed by atoms with Crippen LogP contribution in [0.2, 0.25) is 0 Å². The van der Waals surface area contributed by atoms with Gasteiger partial charge in [-0.3, -0.25) is 4.57 Å². The number of carboxylic acid groups (broad SMARTS) is 1. The number of nitrogens with zero attached hydrogens (tertiary/aromatic N) is 2. The van der Waals surface area contributed by atoms with Gasteiger partial charge in [0.15, 0.2) is 0 Å². The van der Waals surface area contributed by atoms with E-state index in [2.05, 4.69) is 4.98 Å². The first kappa shape index (κ1) is 9.44. The summed E-state index contributed by atoms with van der Waals surface area (Å²) in [6.07, 6.45) is 2.35. The molecule has 1 aromatic rings. The fraction of sp³-hybridized carbons (Fsp3) is 0.375. The number of rotatable bonds is 2. The number of hydrogen-bond donors (Lipinski definition) is 1. The predicted octanol–water partition coefficient (Wildman–Crippen LogP) is 0.522. The average Bonchev–Trinajstić information content (AvgIpc) is 2.04. The molecule has 0 fully saturated rings. The van der Waals surface area contributed by atoms with E-state index in [1.165, 1.54) is 10.8 Å². The van der Waals surface area contributed by atoms with Crippen molar-refractivity contribution in [1.82, 2.24) is 9.55 Å². The summed E-state index contributed by atoms with van der Waals surface area (Å²) in [5, 5.41) is 8.63. The zero-order valence-electron chi connectivity index (χ0n) is 7.39. The van der Waals surface area contributed by atoms with Crippen molar-refractivity contribution in [3.63, 3.8) is 0 Å². The maximum Gasteiger partial charge on any atom is 0.347 e. The summed E-state index contributed by atoms with van der Waals surface area (Å²) < 4.78 is 1.28. The second kappa shape index (κ2) is 3.38. The Hall–Kier alpha value is -1.65. The van der Waals surface area contributed by atoms with Gasteiger partial charge >= 0.3 is 11.7 Å². The molecule has 0 saturated heterocycles. The van der Waals surface area contributed by atoms with Crippen LogP contribution in [0.15, 0.2) is 17.2 Å². The third-order valence-electron chi connectivity index (χ3n) is 1.62. The zero-order chi connectivity index (χ0) is 10.0. The highest BCUT2D eigenvalue weighted by atomic mass is 16.4. The molecule has 0 spiro atoms. The monoisotopic (exact) mass is 182 g/mol. The van der Waals surface area contributed by atoms with Crippen LogP contribution in [-0.4, -0.2) is 20.6 Å². The zero-order valence-corrected chi connectivity index (χ0v) is 7.39. The van der Waals surface area contributed by atoms with Crippen LogP contribution in [0.1, 0.15) is 30.2 Å². The van der Waals surface area contributed by atoms with Gasteiger partial charge in [0.1, 0.15) is 0 Å². The third-order valence-corrected chi connectivity index (χ3v) is 1.62. The molecule has 1 aromatic heterocycles. The number of hydrogen-bond acceptors (Lipinski definition) is 3. The van der Waals surface area contributed by atoms with Crippen LogP contribution in [0, 0.1) is 0 Å². The Labute approximate surface area is 74.7 Å². The maximum atomic E-state index is 11.1. The molecule has 5 heteroatoms. The Morgan fingerprint density at radius 1 is 1.62 bits per heavy atom. The van der Waals surface area contributed by atoms with E-state index in [4.69, 9.17) is 5.11 Å². The Morgan fingerprint density at radius 3 is 2.69 bits per heavy atom. The summed E-state index contributed by atoms with van der Waals surface area (Å²) in [6.45, 7) is 3.57. The van der Waals surface area contributed by atoms with Gasteiger partial charge in [-0.2, -0.15) is 0 Å². The smallest absolute Gasteiger partial charge is 0.347 e. The molecule has 0 unspecified atom stereocenters. The molecule has 0 aliphatic heterocycles. The quantitative estimate of drug-likeness (QED) is 0.723. The molecule has 1 rings (SSSR count). The van der Waals surface area contributed by atoms with E-state index >= 15 is 0 Å². The van der Waals surface area contributed by atoms with E-state index in [9.17, 15) is 9.59 Å². The van der Waals surface area contributed by atoms with Gasteiger partial charge < -0.3 is 5.11 Å². The number of carbonyl (C=O) groups is 1. The summed E-state index contributed by atoms with van der Waals surface area (Å²) in [7, 11) is 0. The summed E-state index contributed by atoms with van der Waals surface area (Å²) in [4.78, 5) is 25.1. The molecule has 0 aliphatic carbocycles. The van der Waals surface area contributed by atoms with E-state index in [1.807, 2.05) is 0 Å². The molecule has 1 N–H and O–H groups in total. The van der Waals surface area contributed by atoms with Crippen LogP contribution in [0.25, 0.3) is 0 Å². The highest BCUT2D eigenvalue weighted by Gasteiger charge is 2.07. The summed E-state index contributed by atoms with van der Waals surface area (Å²) in [5.74, 6) is -1.08. The molecule has 70 valence electrons.